The highest BCUT2D eigenvalue weighted by molar-refractivity contribution is 7.99. The van der Waals surface area contributed by atoms with Gasteiger partial charge in [0.25, 0.3) is 0 Å². The van der Waals surface area contributed by atoms with Crippen LogP contribution in [-0.2, 0) is 0 Å². The minimum absolute atomic E-state index is 0.553. The summed E-state index contributed by atoms with van der Waals surface area (Å²) < 4.78 is 0. The van der Waals surface area contributed by atoms with Gasteiger partial charge in [-0.15, -0.1) is 0 Å². The highest BCUT2D eigenvalue weighted by atomic mass is 32.2. The molecule has 1 nitrogen and oxygen atoms in total. The van der Waals surface area contributed by atoms with Crippen molar-refractivity contribution in [3.8, 4) is 0 Å². The summed E-state index contributed by atoms with van der Waals surface area (Å²) in [5.74, 6) is 2.46. The standard InChI is InChI=1S/C14H21NS/c1-9-7-10(2)12(4)14(11(9)3)13-8-16-6-5-15-13/h7,13,15H,5-6,8H2,1-4H3. The van der Waals surface area contributed by atoms with Gasteiger partial charge in [0.15, 0.2) is 0 Å². The maximum Gasteiger partial charge on any atom is 0.0417 e. The van der Waals surface area contributed by atoms with E-state index in [0.29, 0.717) is 6.04 Å². The third kappa shape index (κ3) is 2.14. The molecule has 88 valence electrons. The molecule has 1 aliphatic heterocycles. The first kappa shape index (κ1) is 12.0. The molecule has 0 spiro atoms. The molecule has 0 aliphatic carbocycles. The third-order valence-electron chi connectivity index (χ3n) is 3.69. The van der Waals surface area contributed by atoms with Crippen LogP contribution in [0.25, 0.3) is 0 Å². The molecule has 1 atom stereocenters. The van der Waals surface area contributed by atoms with Crippen LogP contribution in [0.4, 0.5) is 0 Å². The Bertz CT molecular complexity index is 366. The summed E-state index contributed by atoms with van der Waals surface area (Å²) in [5, 5.41) is 3.65. The minimum Gasteiger partial charge on any atom is -0.308 e. The summed E-state index contributed by atoms with van der Waals surface area (Å²) in [4.78, 5) is 0. The van der Waals surface area contributed by atoms with Crippen molar-refractivity contribution in [2.45, 2.75) is 33.7 Å². The van der Waals surface area contributed by atoms with Gasteiger partial charge in [0.2, 0.25) is 0 Å². The molecule has 1 N–H and O–H groups in total. The lowest BCUT2D eigenvalue weighted by molar-refractivity contribution is 0.588. The zero-order chi connectivity index (χ0) is 11.7. The van der Waals surface area contributed by atoms with Crippen molar-refractivity contribution in [3.05, 3.63) is 33.9 Å². The summed E-state index contributed by atoms with van der Waals surface area (Å²) in [6.45, 7) is 10.1. The van der Waals surface area contributed by atoms with E-state index in [1.165, 1.54) is 33.8 Å². The average molecular weight is 235 g/mol. The van der Waals surface area contributed by atoms with Crippen LogP contribution in [0.15, 0.2) is 6.07 Å². The van der Waals surface area contributed by atoms with Crippen molar-refractivity contribution in [3.63, 3.8) is 0 Å². The Morgan fingerprint density at radius 2 is 1.75 bits per heavy atom. The van der Waals surface area contributed by atoms with Crippen LogP contribution in [-0.4, -0.2) is 18.1 Å². The first-order valence-corrected chi connectivity index (χ1v) is 7.15. The molecule has 0 aromatic heterocycles. The summed E-state index contributed by atoms with van der Waals surface area (Å²) in [7, 11) is 0. The molecule has 16 heavy (non-hydrogen) atoms. The number of rotatable bonds is 1. The highest BCUT2D eigenvalue weighted by Crippen LogP contribution is 2.30. The molecule has 1 fully saturated rings. The Kier molecular flexibility index (Phi) is 3.60. The number of benzene rings is 1. The van der Waals surface area contributed by atoms with Crippen LogP contribution < -0.4 is 5.32 Å². The summed E-state index contributed by atoms with van der Waals surface area (Å²) in [6.07, 6.45) is 0. The van der Waals surface area contributed by atoms with E-state index in [9.17, 15) is 0 Å². The lowest BCUT2D eigenvalue weighted by Gasteiger charge is -2.28. The SMILES string of the molecule is Cc1cc(C)c(C)c(C2CSCCN2)c1C. The molecule has 0 bridgehead atoms. The molecular formula is C14H21NS. The fourth-order valence-electron chi connectivity index (χ4n) is 2.52. The first-order valence-electron chi connectivity index (χ1n) is 5.99. The van der Waals surface area contributed by atoms with Gasteiger partial charge >= 0.3 is 0 Å². The van der Waals surface area contributed by atoms with Gasteiger partial charge in [-0.1, -0.05) is 6.07 Å². The summed E-state index contributed by atoms with van der Waals surface area (Å²) in [5.41, 5.74) is 7.35. The van der Waals surface area contributed by atoms with Gasteiger partial charge in [-0.25, -0.2) is 0 Å². The lowest BCUT2D eigenvalue weighted by atomic mass is 9.90. The predicted molar refractivity (Wildman–Crippen MR) is 73.5 cm³/mol. The second-order valence-electron chi connectivity index (χ2n) is 4.76. The molecular weight excluding hydrogens is 214 g/mol. The average Bonchev–Trinajstić information content (AvgIpc) is 2.28. The normalized spacial score (nSPS) is 21.1. The Labute approximate surface area is 103 Å². The van der Waals surface area contributed by atoms with Gasteiger partial charge in [0, 0.05) is 24.1 Å². The van der Waals surface area contributed by atoms with Gasteiger partial charge in [-0.3, -0.25) is 0 Å². The van der Waals surface area contributed by atoms with Gasteiger partial charge in [-0.05, 0) is 55.5 Å². The third-order valence-corrected chi connectivity index (χ3v) is 4.76. The van der Waals surface area contributed by atoms with Crippen molar-refractivity contribution in [1.82, 2.24) is 5.32 Å². The van der Waals surface area contributed by atoms with Crippen LogP contribution >= 0.6 is 11.8 Å². The van der Waals surface area contributed by atoms with E-state index in [2.05, 4.69) is 50.8 Å². The largest absolute Gasteiger partial charge is 0.308 e. The van der Waals surface area contributed by atoms with Gasteiger partial charge in [0.1, 0.15) is 0 Å². The monoisotopic (exact) mass is 235 g/mol. The van der Waals surface area contributed by atoms with E-state index >= 15 is 0 Å². The van der Waals surface area contributed by atoms with Crippen LogP contribution in [0.1, 0.15) is 33.9 Å². The Morgan fingerprint density at radius 1 is 1.12 bits per heavy atom. The highest BCUT2D eigenvalue weighted by Gasteiger charge is 2.20. The topological polar surface area (TPSA) is 12.0 Å². The number of nitrogens with one attached hydrogen (secondary N) is 1. The van der Waals surface area contributed by atoms with E-state index in [1.54, 1.807) is 5.56 Å². The van der Waals surface area contributed by atoms with E-state index in [0.717, 1.165) is 6.54 Å². The number of hydrogen-bond donors (Lipinski definition) is 1. The first-order chi connectivity index (χ1) is 7.61. The maximum absolute atomic E-state index is 3.65. The van der Waals surface area contributed by atoms with E-state index < -0.39 is 0 Å². The van der Waals surface area contributed by atoms with Crippen molar-refractivity contribution in [2.24, 2.45) is 0 Å². The Balaban J connectivity index is 2.45. The van der Waals surface area contributed by atoms with Crippen molar-refractivity contribution in [1.29, 1.82) is 0 Å². The molecule has 2 heteroatoms. The van der Waals surface area contributed by atoms with E-state index in [4.69, 9.17) is 0 Å². The van der Waals surface area contributed by atoms with Crippen molar-refractivity contribution >= 4 is 11.8 Å². The molecule has 1 heterocycles. The van der Waals surface area contributed by atoms with Crippen LogP contribution in [0, 0.1) is 27.7 Å². The molecule has 2 rings (SSSR count). The molecule has 0 amide bonds. The molecule has 0 radical (unpaired) electrons. The molecule has 1 aromatic carbocycles. The number of aryl methyl sites for hydroxylation is 2. The second kappa shape index (κ2) is 4.80. The fraction of sp³-hybridized carbons (Fsp3) is 0.571. The lowest BCUT2D eigenvalue weighted by Crippen LogP contribution is -2.31. The van der Waals surface area contributed by atoms with Crippen molar-refractivity contribution in [2.75, 3.05) is 18.1 Å². The quantitative estimate of drug-likeness (QED) is 0.801. The minimum atomic E-state index is 0.553. The van der Waals surface area contributed by atoms with Gasteiger partial charge in [0.05, 0.1) is 0 Å². The number of thioether (sulfide) groups is 1. The van der Waals surface area contributed by atoms with Crippen LogP contribution in [0.3, 0.4) is 0 Å². The molecule has 0 saturated carbocycles. The molecule has 1 unspecified atom stereocenters. The Morgan fingerprint density at radius 3 is 2.25 bits per heavy atom. The Hall–Kier alpha value is -0.470. The summed E-state index contributed by atoms with van der Waals surface area (Å²) >= 11 is 2.06. The second-order valence-corrected chi connectivity index (χ2v) is 5.91. The molecule has 1 aromatic rings. The van der Waals surface area contributed by atoms with E-state index in [1.807, 2.05) is 0 Å². The molecule has 1 saturated heterocycles. The molecule has 1 aliphatic rings. The van der Waals surface area contributed by atoms with Crippen LogP contribution in [0.2, 0.25) is 0 Å². The maximum atomic E-state index is 3.65. The summed E-state index contributed by atoms with van der Waals surface area (Å²) in [6, 6.07) is 2.86. The van der Waals surface area contributed by atoms with Crippen LogP contribution in [0.5, 0.6) is 0 Å². The van der Waals surface area contributed by atoms with Gasteiger partial charge < -0.3 is 5.32 Å². The van der Waals surface area contributed by atoms with Gasteiger partial charge in [-0.2, -0.15) is 11.8 Å². The predicted octanol–water partition coefficient (Wildman–Crippen LogP) is 3.30. The van der Waals surface area contributed by atoms with Crippen molar-refractivity contribution < 1.29 is 0 Å². The zero-order valence-corrected chi connectivity index (χ0v) is 11.5. The van der Waals surface area contributed by atoms with E-state index in [-0.39, 0.29) is 0 Å². The number of hydrogen-bond acceptors (Lipinski definition) is 2. The zero-order valence-electron chi connectivity index (χ0n) is 10.7. The smallest absolute Gasteiger partial charge is 0.0417 e. The fourth-order valence-corrected chi connectivity index (χ4v) is 3.47.